The summed E-state index contributed by atoms with van der Waals surface area (Å²) in [6, 6.07) is 5.01. The van der Waals surface area contributed by atoms with Crippen LogP contribution in [0.25, 0.3) is 10.9 Å². The van der Waals surface area contributed by atoms with Crippen molar-refractivity contribution in [3.63, 3.8) is 0 Å². The molecule has 0 atom stereocenters. The van der Waals surface area contributed by atoms with Crippen LogP contribution < -0.4 is 0 Å². The molecule has 0 saturated heterocycles. The summed E-state index contributed by atoms with van der Waals surface area (Å²) in [6.07, 6.45) is 0.856. The zero-order valence-corrected chi connectivity index (χ0v) is 11.7. The van der Waals surface area contributed by atoms with E-state index < -0.39 is 5.97 Å². The highest BCUT2D eigenvalue weighted by Gasteiger charge is 2.14. The predicted molar refractivity (Wildman–Crippen MR) is 75.1 cm³/mol. The first-order chi connectivity index (χ1) is 9.06. The van der Waals surface area contributed by atoms with Crippen LogP contribution in [0.5, 0.6) is 0 Å². The summed E-state index contributed by atoms with van der Waals surface area (Å²) in [7, 11) is 1.66. The van der Waals surface area contributed by atoms with Gasteiger partial charge in [0.2, 0.25) is 0 Å². The van der Waals surface area contributed by atoms with Crippen molar-refractivity contribution in [2.24, 2.45) is 0 Å². The standard InChI is InChI=1S/C14H16ClNO3/c1-9-13(15)11-5-4-10(14(17)18)8-12(11)16(9)6-3-7-19-2/h4-5,8H,3,6-7H2,1-2H3,(H,17,18). The first kappa shape index (κ1) is 13.9. The van der Waals surface area contributed by atoms with Gasteiger partial charge in [0.25, 0.3) is 0 Å². The van der Waals surface area contributed by atoms with Crippen molar-refractivity contribution in [3.8, 4) is 0 Å². The van der Waals surface area contributed by atoms with Crippen molar-refractivity contribution in [1.29, 1.82) is 0 Å². The van der Waals surface area contributed by atoms with Crippen LogP contribution >= 0.6 is 11.6 Å². The summed E-state index contributed by atoms with van der Waals surface area (Å²) in [5.41, 5.74) is 2.09. The number of benzene rings is 1. The molecule has 5 heteroatoms. The molecule has 1 N–H and O–H groups in total. The molecule has 102 valence electrons. The van der Waals surface area contributed by atoms with Crippen molar-refractivity contribution in [2.45, 2.75) is 19.9 Å². The molecule has 0 amide bonds. The average Bonchev–Trinajstić information content (AvgIpc) is 2.63. The minimum atomic E-state index is -0.930. The Kier molecular flexibility index (Phi) is 4.12. The van der Waals surface area contributed by atoms with E-state index in [2.05, 4.69) is 0 Å². The molecule has 0 aliphatic rings. The van der Waals surface area contributed by atoms with Crippen LogP contribution in [0, 0.1) is 6.92 Å². The summed E-state index contributed by atoms with van der Waals surface area (Å²) >= 11 is 6.29. The number of hydrogen-bond donors (Lipinski definition) is 1. The molecule has 0 spiro atoms. The van der Waals surface area contributed by atoms with Crippen LogP contribution in [0.15, 0.2) is 18.2 Å². The highest BCUT2D eigenvalue weighted by Crippen LogP contribution is 2.31. The van der Waals surface area contributed by atoms with E-state index in [9.17, 15) is 4.79 Å². The maximum absolute atomic E-state index is 11.0. The van der Waals surface area contributed by atoms with E-state index in [1.165, 1.54) is 0 Å². The number of hydrogen-bond acceptors (Lipinski definition) is 2. The van der Waals surface area contributed by atoms with Crippen molar-refractivity contribution in [2.75, 3.05) is 13.7 Å². The smallest absolute Gasteiger partial charge is 0.335 e. The minimum Gasteiger partial charge on any atom is -0.478 e. The molecule has 1 heterocycles. The Morgan fingerprint density at radius 3 is 2.84 bits per heavy atom. The number of carbonyl (C=O) groups is 1. The van der Waals surface area contributed by atoms with Gasteiger partial charge in [0, 0.05) is 31.3 Å². The third-order valence-corrected chi connectivity index (χ3v) is 3.70. The number of aromatic carboxylic acids is 1. The molecular formula is C14H16ClNO3. The Balaban J connectivity index is 2.50. The molecule has 2 aromatic rings. The number of carboxylic acid groups (broad SMARTS) is 1. The summed E-state index contributed by atoms with van der Waals surface area (Å²) in [5.74, 6) is -0.930. The monoisotopic (exact) mass is 281 g/mol. The predicted octanol–water partition coefficient (Wildman–Crippen LogP) is 3.34. The number of halogens is 1. The second-order valence-electron chi connectivity index (χ2n) is 4.43. The van der Waals surface area contributed by atoms with Crippen molar-refractivity contribution in [3.05, 3.63) is 34.5 Å². The van der Waals surface area contributed by atoms with Crippen molar-refractivity contribution < 1.29 is 14.6 Å². The fourth-order valence-corrected chi connectivity index (χ4v) is 2.48. The second-order valence-corrected chi connectivity index (χ2v) is 4.81. The number of aryl methyl sites for hydroxylation is 1. The van der Waals surface area contributed by atoms with Crippen LogP contribution in [0.1, 0.15) is 22.5 Å². The molecule has 1 aromatic carbocycles. The normalized spacial score (nSPS) is 11.1. The van der Waals surface area contributed by atoms with E-state index >= 15 is 0 Å². The van der Waals surface area contributed by atoms with Crippen LogP contribution in [-0.4, -0.2) is 29.4 Å². The van der Waals surface area contributed by atoms with Gasteiger partial charge in [-0.25, -0.2) is 4.79 Å². The number of methoxy groups -OCH3 is 1. The van der Waals surface area contributed by atoms with Gasteiger partial charge in [0.05, 0.1) is 16.1 Å². The number of ether oxygens (including phenoxy) is 1. The lowest BCUT2D eigenvalue weighted by molar-refractivity contribution is 0.0697. The van der Waals surface area contributed by atoms with E-state index in [1.54, 1.807) is 25.3 Å². The summed E-state index contributed by atoms with van der Waals surface area (Å²) in [6.45, 7) is 3.36. The van der Waals surface area contributed by atoms with Crippen LogP contribution in [0.4, 0.5) is 0 Å². The maximum Gasteiger partial charge on any atom is 0.335 e. The fraction of sp³-hybridized carbons (Fsp3) is 0.357. The topological polar surface area (TPSA) is 51.5 Å². The molecule has 0 aliphatic heterocycles. The Labute approximate surface area is 116 Å². The van der Waals surface area contributed by atoms with Gasteiger partial charge in [0.15, 0.2) is 0 Å². The van der Waals surface area contributed by atoms with Crippen molar-refractivity contribution in [1.82, 2.24) is 4.57 Å². The minimum absolute atomic E-state index is 0.273. The van der Waals surface area contributed by atoms with E-state index in [-0.39, 0.29) is 5.56 Å². The Morgan fingerprint density at radius 2 is 2.21 bits per heavy atom. The molecule has 19 heavy (non-hydrogen) atoms. The Morgan fingerprint density at radius 1 is 1.47 bits per heavy atom. The quantitative estimate of drug-likeness (QED) is 0.855. The van der Waals surface area contributed by atoms with Crippen molar-refractivity contribution >= 4 is 28.5 Å². The maximum atomic E-state index is 11.0. The molecular weight excluding hydrogens is 266 g/mol. The lowest BCUT2D eigenvalue weighted by Crippen LogP contribution is -2.04. The molecule has 0 fully saturated rings. The number of fused-ring (bicyclic) bond motifs is 1. The molecule has 0 aliphatic carbocycles. The van der Waals surface area contributed by atoms with E-state index in [0.29, 0.717) is 11.6 Å². The Hall–Kier alpha value is -1.52. The van der Waals surface area contributed by atoms with Crippen LogP contribution in [0.2, 0.25) is 5.02 Å². The third kappa shape index (κ3) is 2.60. The zero-order valence-electron chi connectivity index (χ0n) is 10.9. The molecule has 4 nitrogen and oxygen atoms in total. The highest BCUT2D eigenvalue weighted by molar-refractivity contribution is 6.36. The molecule has 2 rings (SSSR count). The molecule has 0 saturated carbocycles. The summed E-state index contributed by atoms with van der Waals surface area (Å²) in [5, 5.41) is 10.6. The summed E-state index contributed by atoms with van der Waals surface area (Å²) in [4.78, 5) is 11.0. The van der Waals surface area contributed by atoms with E-state index in [1.807, 2.05) is 11.5 Å². The molecule has 1 aromatic heterocycles. The fourth-order valence-electron chi connectivity index (χ4n) is 2.22. The lowest BCUT2D eigenvalue weighted by atomic mass is 10.1. The van der Waals surface area contributed by atoms with Gasteiger partial charge in [-0.2, -0.15) is 0 Å². The Bertz CT molecular complexity index is 619. The SMILES string of the molecule is COCCCn1c(C)c(Cl)c2ccc(C(=O)O)cc21. The number of aromatic nitrogens is 1. The van der Waals surface area contributed by atoms with Gasteiger partial charge in [0.1, 0.15) is 0 Å². The van der Waals surface area contributed by atoms with Crippen LogP contribution in [-0.2, 0) is 11.3 Å². The second kappa shape index (κ2) is 5.63. The van der Waals surface area contributed by atoms with Gasteiger partial charge >= 0.3 is 5.97 Å². The molecule has 0 unspecified atom stereocenters. The van der Waals surface area contributed by atoms with Crippen LogP contribution in [0.3, 0.4) is 0 Å². The number of rotatable bonds is 5. The van der Waals surface area contributed by atoms with Gasteiger partial charge in [-0.15, -0.1) is 0 Å². The van der Waals surface area contributed by atoms with E-state index in [4.69, 9.17) is 21.4 Å². The number of carboxylic acids is 1. The largest absolute Gasteiger partial charge is 0.478 e. The summed E-state index contributed by atoms with van der Waals surface area (Å²) < 4.78 is 7.09. The number of nitrogens with zero attached hydrogens (tertiary/aromatic N) is 1. The van der Waals surface area contributed by atoms with Gasteiger partial charge in [-0.05, 0) is 25.5 Å². The van der Waals surface area contributed by atoms with E-state index in [0.717, 1.165) is 29.6 Å². The first-order valence-corrected chi connectivity index (χ1v) is 6.44. The van der Waals surface area contributed by atoms with Gasteiger partial charge < -0.3 is 14.4 Å². The average molecular weight is 282 g/mol. The molecule has 0 bridgehead atoms. The van der Waals surface area contributed by atoms with Gasteiger partial charge in [-0.1, -0.05) is 17.7 Å². The van der Waals surface area contributed by atoms with Gasteiger partial charge in [-0.3, -0.25) is 0 Å². The third-order valence-electron chi connectivity index (χ3n) is 3.22. The molecule has 0 radical (unpaired) electrons. The highest BCUT2D eigenvalue weighted by atomic mass is 35.5. The first-order valence-electron chi connectivity index (χ1n) is 6.07. The lowest BCUT2D eigenvalue weighted by Gasteiger charge is -2.08. The zero-order chi connectivity index (χ0) is 14.0.